The van der Waals surface area contributed by atoms with Gasteiger partial charge in [-0.3, -0.25) is 0 Å². The lowest BCUT2D eigenvalue weighted by Gasteiger charge is -2.11. The summed E-state index contributed by atoms with van der Waals surface area (Å²) in [5.74, 6) is 0.643. The molecule has 1 aromatic carbocycles. The number of benzene rings is 1. The van der Waals surface area contributed by atoms with Gasteiger partial charge in [-0.25, -0.2) is 0 Å². The summed E-state index contributed by atoms with van der Waals surface area (Å²) < 4.78 is 38.2. The fourth-order valence-electron chi connectivity index (χ4n) is 1.01. The number of hydrogen-bond acceptors (Lipinski definition) is 1. The lowest BCUT2D eigenvalue weighted by molar-refractivity contribution is -0.139. The van der Waals surface area contributed by atoms with E-state index in [9.17, 15) is 13.2 Å². The Balaban J connectivity index is 3.16. The molecule has 0 aliphatic rings. The maximum atomic E-state index is 12.5. The van der Waals surface area contributed by atoms with E-state index in [0.717, 1.165) is 0 Å². The third-order valence-electron chi connectivity index (χ3n) is 1.55. The van der Waals surface area contributed by atoms with Gasteiger partial charge in [0.2, 0.25) is 0 Å². The molecule has 0 unspecified atom stereocenters. The van der Waals surface area contributed by atoms with E-state index in [-0.39, 0.29) is 0 Å². The zero-order valence-electron chi connectivity index (χ0n) is 7.36. The standard InChI is InChI=1S/C9H8F3IS/c1-2-14-8-4-3-6(13)5-7(8)9(10,11)12/h3-5H,2H2,1H3. The van der Waals surface area contributed by atoms with Crippen LogP contribution in [0.1, 0.15) is 12.5 Å². The Morgan fingerprint density at radius 3 is 2.50 bits per heavy atom. The minimum absolute atomic E-state index is 0.306. The van der Waals surface area contributed by atoms with Gasteiger partial charge in [-0.15, -0.1) is 11.8 Å². The molecule has 0 aromatic heterocycles. The van der Waals surface area contributed by atoms with Gasteiger partial charge in [0.1, 0.15) is 0 Å². The van der Waals surface area contributed by atoms with E-state index >= 15 is 0 Å². The second kappa shape index (κ2) is 4.74. The third-order valence-corrected chi connectivity index (χ3v) is 3.17. The van der Waals surface area contributed by atoms with Crippen LogP contribution in [0.15, 0.2) is 23.1 Å². The molecule has 0 atom stereocenters. The number of halogens is 4. The van der Waals surface area contributed by atoms with Gasteiger partial charge in [-0.2, -0.15) is 13.2 Å². The van der Waals surface area contributed by atoms with E-state index < -0.39 is 11.7 Å². The molecule has 0 fully saturated rings. The summed E-state index contributed by atoms with van der Waals surface area (Å²) in [7, 11) is 0. The molecule has 78 valence electrons. The predicted octanol–water partition coefficient (Wildman–Crippen LogP) is 4.42. The summed E-state index contributed by atoms with van der Waals surface area (Å²) in [5.41, 5.74) is -0.531. The Labute approximate surface area is 98.4 Å². The van der Waals surface area contributed by atoms with Crippen LogP contribution in [0.2, 0.25) is 0 Å². The summed E-state index contributed by atoms with van der Waals surface area (Å²) in [6, 6.07) is 4.39. The van der Waals surface area contributed by atoms with Gasteiger partial charge in [0.15, 0.2) is 0 Å². The highest BCUT2D eigenvalue weighted by molar-refractivity contribution is 14.1. The van der Waals surface area contributed by atoms with Crippen molar-refractivity contribution in [2.45, 2.75) is 18.0 Å². The van der Waals surface area contributed by atoms with Crippen LogP contribution in [-0.2, 0) is 6.18 Å². The lowest BCUT2D eigenvalue weighted by atomic mass is 10.2. The van der Waals surface area contributed by atoms with Crippen molar-refractivity contribution in [1.29, 1.82) is 0 Å². The van der Waals surface area contributed by atoms with Crippen LogP contribution < -0.4 is 0 Å². The molecule has 0 heterocycles. The van der Waals surface area contributed by atoms with Crippen LogP contribution in [-0.4, -0.2) is 5.75 Å². The number of rotatable bonds is 2. The van der Waals surface area contributed by atoms with E-state index in [4.69, 9.17) is 0 Å². The van der Waals surface area contributed by atoms with Gasteiger partial charge in [-0.1, -0.05) is 6.92 Å². The normalized spacial score (nSPS) is 11.8. The van der Waals surface area contributed by atoms with Crippen LogP contribution in [0.4, 0.5) is 13.2 Å². The molecule has 0 nitrogen and oxygen atoms in total. The maximum absolute atomic E-state index is 12.5. The quantitative estimate of drug-likeness (QED) is 0.571. The summed E-state index contributed by atoms with van der Waals surface area (Å²) in [6.07, 6.45) is -4.25. The summed E-state index contributed by atoms with van der Waals surface area (Å²) in [5, 5.41) is 0. The second-order valence-corrected chi connectivity index (χ2v) is 5.12. The van der Waals surface area contributed by atoms with Gasteiger partial charge in [-0.05, 0) is 46.5 Å². The van der Waals surface area contributed by atoms with Crippen molar-refractivity contribution in [2.24, 2.45) is 0 Å². The molecule has 0 spiro atoms. The molecule has 14 heavy (non-hydrogen) atoms. The van der Waals surface area contributed by atoms with Gasteiger partial charge in [0, 0.05) is 8.47 Å². The van der Waals surface area contributed by atoms with E-state index in [1.807, 2.05) is 29.5 Å². The molecule has 0 aliphatic heterocycles. The Morgan fingerprint density at radius 2 is 2.00 bits per heavy atom. The SMILES string of the molecule is CCSc1ccc(I)cc1C(F)(F)F. The van der Waals surface area contributed by atoms with Crippen LogP contribution in [0.5, 0.6) is 0 Å². The highest BCUT2D eigenvalue weighted by Gasteiger charge is 2.33. The van der Waals surface area contributed by atoms with Gasteiger partial charge < -0.3 is 0 Å². The van der Waals surface area contributed by atoms with Crippen molar-refractivity contribution in [2.75, 3.05) is 5.75 Å². The molecule has 0 N–H and O–H groups in total. The molecule has 1 rings (SSSR count). The Bertz CT molecular complexity index is 322. The highest BCUT2D eigenvalue weighted by Crippen LogP contribution is 2.37. The number of hydrogen-bond donors (Lipinski definition) is 0. The largest absolute Gasteiger partial charge is 0.417 e. The zero-order chi connectivity index (χ0) is 10.8. The summed E-state index contributed by atoms with van der Waals surface area (Å²) >= 11 is 3.10. The predicted molar refractivity (Wildman–Crippen MR) is 60.6 cm³/mol. The number of alkyl halides is 3. The van der Waals surface area contributed by atoms with Crippen molar-refractivity contribution in [3.63, 3.8) is 0 Å². The fourth-order valence-corrected chi connectivity index (χ4v) is 2.30. The van der Waals surface area contributed by atoms with E-state index in [0.29, 0.717) is 14.2 Å². The van der Waals surface area contributed by atoms with Crippen LogP contribution >= 0.6 is 34.4 Å². The van der Waals surface area contributed by atoms with Crippen molar-refractivity contribution < 1.29 is 13.2 Å². The van der Waals surface area contributed by atoms with Crippen LogP contribution in [0.25, 0.3) is 0 Å². The molecule has 0 bridgehead atoms. The molecule has 5 heteroatoms. The average molecular weight is 332 g/mol. The van der Waals surface area contributed by atoms with Gasteiger partial charge >= 0.3 is 6.18 Å². The van der Waals surface area contributed by atoms with Crippen molar-refractivity contribution >= 4 is 34.4 Å². The first-order chi connectivity index (χ1) is 6.45. The van der Waals surface area contributed by atoms with Crippen molar-refractivity contribution in [3.05, 3.63) is 27.3 Å². The topological polar surface area (TPSA) is 0 Å². The Hall–Kier alpha value is 0.0900. The Kier molecular flexibility index (Phi) is 4.12. The molecule has 0 saturated heterocycles. The first-order valence-electron chi connectivity index (χ1n) is 3.94. The summed E-state index contributed by atoms with van der Waals surface area (Å²) in [4.78, 5) is 0.306. The van der Waals surface area contributed by atoms with Crippen LogP contribution in [0.3, 0.4) is 0 Å². The van der Waals surface area contributed by atoms with Gasteiger partial charge in [0.05, 0.1) is 5.56 Å². The minimum atomic E-state index is -4.25. The average Bonchev–Trinajstić information content (AvgIpc) is 2.07. The Morgan fingerprint density at radius 1 is 1.36 bits per heavy atom. The third kappa shape index (κ3) is 3.05. The molecule has 0 radical (unpaired) electrons. The second-order valence-electron chi connectivity index (χ2n) is 2.57. The van der Waals surface area contributed by atoms with E-state index in [1.165, 1.54) is 23.9 Å². The van der Waals surface area contributed by atoms with E-state index in [1.54, 1.807) is 6.07 Å². The zero-order valence-corrected chi connectivity index (χ0v) is 10.3. The van der Waals surface area contributed by atoms with Gasteiger partial charge in [0.25, 0.3) is 0 Å². The molecule has 0 saturated carbocycles. The highest BCUT2D eigenvalue weighted by atomic mass is 127. The summed E-state index contributed by atoms with van der Waals surface area (Å²) in [6.45, 7) is 1.84. The molecule has 1 aromatic rings. The molecule has 0 aliphatic carbocycles. The van der Waals surface area contributed by atoms with E-state index in [2.05, 4.69) is 0 Å². The lowest BCUT2D eigenvalue weighted by Crippen LogP contribution is -2.07. The molecular formula is C9H8F3IS. The smallest absolute Gasteiger partial charge is 0.166 e. The minimum Gasteiger partial charge on any atom is -0.166 e. The van der Waals surface area contributed by atoms with Crippen molar-refractivity contribution in [1.82, 2.24) is 0 Å². The molecule has 0 amide bonds. The van der Waals surface area contributed by atoms with Crippen molar-refractivity contribution in [3.8, 4) is 0 Å². The fraction of sp³-hybridized carbons (Fsp3) is 0.333. The maximum Gasteiger partial charge on any atom is 0.417 e. The molecular weight excluding hydrogens is 324 g/mol. The number of thioether (sulfide) groups is 1. The monoisotopic (exact) mass is 332 g/mol. The first-order valence-corrected chi connectivity index (χ1v) is 6.01. The first kappa shape index (κ1) is 12.2. The van der Waals surface area contributed by atoms with Crippen LogP contribution in [0, 0.1) is 3.57 Å².